The summed E-state index contributed by atoms with van der Waals surface area (Å²) in [7, 11) is 0. The quantitative estimate of drug-likeness (QED) is 0.160. The predicted octanol–water partition coefficient (Wildman–Crippen LogP) is 6.50. The number of pyridine rings is 1. The Hall–Kier alpha value is -4.28. The van der Waals surface area contributed by atoms with Crippen LogP contribution in [0.2, 0.25) is 0 Å². The lowest BCUT2D eigenvalue weighted by Gasteiger charge is -2.32. The van der Waals surface area contributed by atoms with Crippen molar-refractivity contribution in [2.75, 3.05) is 19.7 Å². The Bertz CT molecular complexity index is 1880. The number of piperidine rings is 1. The summed E-state index contributed by atoms with van der Waals surface area (Å²) >= 11 is 0. The Morgan fingerprint density at radius 3 is 2.57 bits per heavy atom. The molecule has 2 aromatic carbocycles. The van der Waals surface area contributed by atoms with Gasteiger partial charge in [-0.15, -0.1) is 0 Å². The highest BCUT2D eigenvalue weighted by Crippen LogP contribution is 2.30. The number of aryl methyl sites for hydroxylation is 1. The fourth-order valence-electron chi connectivity index (χ4n) is 6.55. The number of hydrogen-bond acceptors (Lipinski definition) is 8. The van der Waals surface area contributed by atoms with Crippen molar-refractivity contribution in [2.24, 2.45) is 0 Å². The van der Waals surface area contributed by atoms with E-state index in [1.165, 1.54) is 0 Å². The van der Waals surface area contributed by atoms with Crippen LogP contribution >= 0.6 is 0 Å². The molecule has 2 aliphatic heterocycles. The summed E-state index contributed by atoms with van der Waals surface area (Å²) in [6.45, 7) is 13.2. The van der Waals surface area contributed by atoms with Gasteiger partial charge >= 0.3 is 5.97 Å². The van der Waals surface area contributed by atoms with Crippen LogP contribution in [0.5, 0.6) is 5.88 Å². The van der Waals surface area contributed by atoms with Crippen LogP contribution in [-0.4, -0.2) is 66.6 Å². The Labute approximate surface area is 275 Å². The molecule has 10 nitrogen and oxygen atoms in total. The summed E-state index contributed by atoms with van der Waals surface area (Å²) in [5.74, 6) is 1.72. The number of likely N-dealkylation sites (tertiary alicyclic amines) is 1. The van der Waals surface area contributed by atoms with Crippen molar-refractivity contribution < 1.29 is 19.0 Å². The average molecular weight is 637 g/mol. The largest absolute Gasteiger partial charge is 0.473 e. The van der Waals surface area contributed by atoms with E-state index in [2.05, 4.69) is 51.8 Å². The molecular formula is C37H44N6O4. The Morgan fingerprint density at radius 2 is 1.83 bits per heavy atom. The average Bonchev–Trinajstić information content (AvgIpc) is 3.61. The lowest BCUT2D eigenvalue weighted by Crippen LogP contribution is -2.35. The maximum absolute atomic E-state index is 12.9. The monoisotopic (exact) mass is 636 g/mol. The zero-order chi connectivity index (χ0) is 32.5. The Balaban J connectivity index is 0.998. The molecule has 0 bridgehead atoms. The Kier molecular flexibility index (Phi) is 8.72. The van der Waals surface area contributed by atoms with Gasteiger partial charge in [-0.25, -0.2) is 14.8 Å². The molecule has 0 aliphatic carbocycles. The molecule has 1 unspecified atom stereocenters. The van der Waals surface area contributed by atoms with Gasteiger partial charge in [-0.2, -0.15) is 5.10 Å². The maximum Gasteiger partial charge on any atom is 0.338 e. The fourth-order valence-corrected chi connectivity index (χ4v) is 6.55. The van der Waals surface area contributed by atoms with Gasteiger partial charge in [-0.05, 0) is 102 Å². The van der Waals surface area contributed by atoms with E-state index in [1.54, 1.807) is 0 Å². The van der Waals surface area contributed by atoms with Crippen LogP contribution in [0.3, 0.4) is 0 Å². The van der Waals surface area contributed by atoms with Gasteiger partial charge in [0.25, 0.3) is 0 Å². The first-order valence-electron chi connectivity index (χ1n) is 16.8. The molecule has 0 radical (unpaired) electrons. The third kappa shape index (κ3) is 7.04. The number of rotatable bonds is 10. The Morgan fingerprint density at radius 1 is 1.00 bits per heavy atom. The molecule has 0 N–H and O–H groups in total. The van der Waals surface area contributed by atoms with E-state index >= 15 is 0 Å². The normalized spacial score (nSPS) is 17.7. The van der Waals surface area contributed by atoms with E-state index in [-0.39, 0.29) is 12.1 Å². The summed E-state index contributed by atoms with van der Waals surface area (Å²) in [4.78, 5) is 25.3. The second-order valence-corrected chi connectivity index (χ2v) is 13.7. The smallest absolute Gasteiger partial charge is 0.338 e. The summed E-state index contributed by atoms with van der Waals surface area (Å²) in [6, 6.07) is 18.1. The van der Waals surface area contributed by atoms with Gasteiger partial charge < -0.3 is 18.8 Å². The number of aromatic nitrogens is 5. The number of esters is 1. The van der Waals surface area contributed by atoms with Gasteiger partial charge in [0, 0.05) is 36.2 Å². The van der Waals surface area contributed by atoms with E-state index in [0.717, 1.165) is 97.6 Å². The van der Waals surface area contributed by atoms with Crippen molar-refractivity contribution in [3.63, 3.8) is 0 Å². The van der Waals surface area contributed by atoms with E-state index in [9.17, 15) is 4.79 Å². The first-order valence-corrected chi connectivity index (χ1v) is 16.8. The number of carbonyl (C=O) groups excluding carboxylic acids is 1. The molecule has 1 atom stereocenters. The molecule has 2 saturated heterocycles. The molecular weight excluding hydrogens is 592 g/mol. The lowest BCUT2D eigenvalue weighted by atomic mass is 9.93. The number of ether oxygens (including phenoxy) is 3. The van der Waals surface area contributed by atoms with Gasteiger partial charge in [0.15, 0.2) is 0 Å². The first-order chi connectivity index (χ1) is 22.7. The van der Waals surface area contributed by atoms with Crippen LogP contribution < -0.4 is 4.74 Å². The van der Waals surface area contributed by atoms with Gasteiger partial charge in [0.1, 0.15) is 18.0 Å². The molecule has 10 heteroatoms. The zero-order valence-electron chi connectivity index (χ0n) is 27.8. The number of nitrogens with zero attached hydrogens (tertiary/aromatic N) is 6. The third-order valence-corrected chi connectivity index (χ3v) is 9.15. The predicted molar refractivity (Wildman–Crippen MR) is 180 cm³/mol. The van der Waals surface area contributed by atoms with E-state index in [4.69, 9.17) is 24.2 Å². The van der Waals surface area contributed by atoms with Crippen molar-refractivity contribution in [3.05, 3.63) is 83.4 Å². The molecule has 2 fully saturated rings. The molecule has 2 aliphatic rings. The van der Waals surface area contributed by atoms with Crippen LogP contribution in [-0.2, 0) is 35.7 Å². The molecule has 5 aromatic rings. The van der Waals surface area contributed by atoms with E-state index in [0.29, 0.717) is 24.0 Å². The topological polar surface area (TPSA) is 96.5 Å². The molecule has 3 aromatic heterocycles. The summed E-state index contributed by atoms with van der Waals surface area (Å²) in [5, 5.41) is 5.57. The van der Waals surface area contributed by atoms with Crippen molar-refractivity contribution in [1.82, 2.24) is 29.2 Å². The van der Waals surface area contributed by atoms with Gasteiger partial charge in [-0.3, -0.25) is 9.58 Å². The van der Waals surface area contributed by atoms with Crippen molar-refractivity contribution >= 4 is 27.9 Å². The molecule has 7 rings (SSSR count). The fraction of sp³-hybridized carbons (Fsp3) is 0.459. The van der Waals surface area contributed by atoms with Crippen molar-refractivity contribution in [2.45, 2.75) is 90.8 Å². The van der Waals surface area contributed by atoms with Crippen molar-refractivity contribution in [1.29, 1.82) is 0 Å². The van der Waals surface area contributed by atoms with Crippen LogP contribution in [0.15, 0.2) is 60.8 Å². The van der Waals surface area contributed by atoms with Crippen LogP contribution in [0.4, 0.5) is 0 Å². The molecule has 0 spiro atoms. The lowest BCUT2D eigenvalue weighted by molar-refractivity contribution is -0.0592. The SMILES string of the molecule is CCn1ncc2cc(COc3cccc(C4CCN(Cc5nc6ccc(C(=O)OC(C)(C)C)cc6n5CC5CCO5)CC4)n3)ccc21. The molecule has 0 amide bonds. The minimum absolute atomic E-state index is 0.172. The van der Waals surface area contributed by atoms with Gasteiger partial charge in [0.05, 0.1) is 47.5 Å². The van der Waals surface area contributed by atoms with Crippen LogP contribution in [0.1, 0.15) is 80.3 Å². The molecule has 246 valence electrons. The van der Waals surface area contributed by atoms with Gasteiger partial charge in [0.2, 0.25) is 5.88 Å². The second kappa shape index (κ2) is 13.1. The highest BCUT2D eigenvalue weighted by molar-refractivity contribution is 5.94. The summed E-state index contributed by atoms with van der Waals surface area (Å²) < 4.78 is 21.8. The van der Waals surface area contributed by atoms with Crippen molar-refractivity contribution in [3.8, 4) is 5.88 Å². The highest BCUT2D eigenvalue weighted by atomic mass is 16.6. The van der Waals surface area contributed by atoms with Crippen LogP contribution in [0.25, 0.3) is 21.9 Å². The third-order valence-electron chi connectivity index (χ3n) is 9.15. The minimum Gasteiger partial charge on any atom is -0.473 e. The zero-order valence-corrected chi connectivity index (χ0v) is 27.8. The highest BCUT2D eigenvalue weighted by Gasteiger charge is 2.27. The maximum atomic E-state index is 12.9. The number of benzene rings is 2. The summed E-state index contributed by atoms with van der Waals surface area (Å²) in [5.41, 5.74) is 5.15. The first kappa shape index (κ1) is 31.3. The van der Waals surface area contributed by atoms with E-state index in [1.807, 2.05) is 55.9 Å². The molecule has 47 heavy (non-hydrogen) atoms. The standard InChI is InChI=1S/C37H44N6O4/c1-5-43-32-12-9-25(19-28(32)21-38-43)24-46-35-8-6-7-30(40-35)26-13-16-41(17-14-26)23-34-39-31-11-10-27(36(44)47-37(2,3)4)20-33(31)42(34)22-29-15-18-45-29/h6-12,19-21,26,29H,5,13-18,22-24H2,1-4H3. The number of imidazole rings is 1. The minimum atomic E-state index is -0.553. The summed E-state index contributed by atoms with van der Waals surface area (Å²) in [6.07, 6.45) is 5.15. The molecule has 0 saturated carbocycles. The molecule has 5 heterocycles. The van der Waals surface area contributed by atoms with Crippen LogP contribution in [0, 0.1) is 0 Å². The second-order valence-electron chi connectivity index (χ2n) is 13.7. The number of fused-ring (bicyclic) bond motifs is 2. The number of carbonyl (C=O) groups is 1. The number of hydrogen-bond donors (Lipinski definition) is 0. The van der Waals surface area contributed by atoms with Gasteiger partial charge in [-0.1, -0.05) is 12.1 Å². The van der Waals surface area contributed by atoms with E-state index < -0.39 is 5.60 Å².